The van der Waals surface area contributed by atoms with Gasteiger partial charge in [0.25, 0.3) is 0 Å². The second-order valence-electron chi connectivity index (χ2n) is 6.55. The van der Waals surface area contributed by atoms with E-state index in [-0.39, 0.29) is 0 Å². The molecule has 0 radical (unpaired) electrons. The van der Waals surface area contributed by atoms with Gasteiger partial charge < -0.3 is 4.42 Å². The largest absolute Gasteiger partial charge is 0.425 e. The van der Waals surface area contributed by atoms with Gasteiger partial charge in [0, 0.05) is 30.8 Å². The Morgan fingerprint density at radius 1 is 1.29 bits per heavy atom. The highest BCUT2D eigenvalue weighted by atomic mass is 16.4. The summed E-state index contributed by atoms with van der Waals surface area (Å²) < 4.78 is 7.77. The molecule has 6 heteroatoms. The zero-order valence-electron chi connectivity index (χ0n) is 14.2. The van der Waals surface area contributed by atoms with Gasteiger partial charge in [0.05, 0.1) is 17.6 Å². The lowest BCUT2D eigenvalue weighted by atomic mass is 9.90. The van der Waals surface area contributed by atoms with Crippen LogP contribution in [0.4, 0.5) is 0 Å². The molecule has 126 valence electrons. The van der Waals surface area contributed by atoms with Crippen LogP contribution in [-0.4, -0.2) is 37.3 Å². The Kier molecular flexibility index (Phi) is 4.06. The lowest BCUT2D eigenvalue weighted by Crippen LogP contribution is -2.41. The minimum absolute atomic E-state index is 0.313. The van der Waals surface area contributed by atoms with Crippen molar-refractivity contribution in [2.24, 2.45) is 0 Å². The van der Waals surface area contributed by atoms with Crippen LogP contribution in [0.3, 0.4) is 0 Å². The molecule has 0 unspecified atom stereocenters. The van der Waals surface area contributed by atoms with E-state index in [1.54, 1.807) is 0 Å². The summed E-state index contributed by atoms with van der Waals surface area (Å²) in [7, 11) is 0. The number of rotatable bonds is 4. The first kappa shape index (κ1) is 15.3. The van der Waals surface area contributed by atoms with Crippen molar-refractivity contribution in [1.82, 2.24) is 24.7 Å². The van der Waals surface area contributed by atoms with Gasteiger partial charge in [-0.3, -0.25) is 4.90 Å². The molecule has 4 heterocycles. The maximum absolute atomic E-state index is 5.83. The molecular formula is C18H23N5O. The first-order valence-electron chi connectivity index (χ1n) is 8.74. The molecule has 0 aliphatic carbocycles. The van der Waals surface area contributed by atoms with E-state index in [0.717, 1.165) is 44.1 Å². The van der Waals surface area contributed by atoms with Crippen molar-refractivity contribution in [2.75, 3.05) is 6.54 Å². The van der Waals surface area contributed by atoms with Crippen LogP contribution in [-0.2, 0) is 13.0 Å². The van der Waals surface area contributed by atoms with E-state index in [1.807, 2.05) is 29.9 Å². The molecular weight excluding hydrogens is 302 g/mol. The number of hydrogen-bond acceptors (Lipinski definition) is 5. The molecule has 0 aromatic carbocycles. The van der Waals surface area contributed by atoms with Gasteiger partial charge in [-0.1, -0.05) is 13.0 Å². The molecule has 1 fully saturated rings. The molecule has 0 bridgehead atoms. The molecule has 0 spiro atoms. The fourth-order valence-corrected chi connectivity index (χ4v) is 3.65. The van der Waals surface area contributed by atoms with Crippen LogP contribution in [0.15, 0.2) is 35.0 Å². The zero-order valence-corrected chi connectivity index (χ0v) is 14.2. The highest BCUT2D eigenvalue weighted by Gasteiger charge is 2.33. The normalized spacial score (nSPS) is 22.2. The SMILES string of the molecule is CCc1nnc([C@H]2CCCN(Cc3cnn4ccccc34)[C@H]2C)o1. The van der Waals surface area contributed by atoms with E-state index in [0.29, 0.717) is 12.0 Å². The Balaban J connectivity index is 1.55. The number of aryl methyl sites for hydroxylation is 1. The summed E-state index contributed by atoms with van der Waals surface area (Å²) in [6, 6.07) is 6.57. The molecule has 0 saturated carbocycles. The fraction of sp³-hybridized carbons (Fsp3) is 0.500. The van der Waals surface area contributed by atoms with Crippen LogP contribution in [0.5, 0.6) is 0 Å². The monoisotopic (exact) mass is 325 g/mol. The minimum Gasteiger partial charge on any atom is -0.425 e. The number of likely N-dealkylation sites (tertiary alicyclic amines) is 1. The molecule has 1 aliphatic rings. The van der Waals surface area contributed by atoms with E-state index in [2.05, 4.69) is 39.3 Å². The summed E-state index contributed by atoms with van der Waals surface area (Å²) in [6.07, 6.45) is 7.02. The van der Waals surface area contributed by atoms with Gasteiger partial charge >= 0.3 is 0 Å². The fourth-order valence-electron chi connectivity index (χ4n) is 3.65. The average Bonchev–Trinajstić information content (AvgIpc) is 3.24. The summed E-state index contributed by atoms with van der Waals surface area (Å²) in [4.78, 5) is 2.51. The number of fused-ring (bicyclic) bond motifs is 1. The molecule has 4 rings (SSSR count). The summed E-state index contributed by atoms with van der Waals surface area (Å²) in [5.74, 6) is 1.84. The Morgan fingerprint density at radius 3 is 3.04 bits per heavy atom. The van der Waals surface area contributed by atoms with Crippen molar-refractivity contribution in [3.8, 4) is 0 Å². The van der Waals surface area contributed by atoms with Gasteiger partial charge in [-0.15, -0.1) is 10.2 Å². The van der Waals surface area contributed by atoms with Crippen LogP contribution in [0.1, 0.15) is 50.0 Å². The predicted molar refractivity (Wildman–Crippen MR) is 90.7 cm³/mol. The van der Waals surface area contributed by atoms with Gasteiger partial charge in [-0.25, -0.2) is 4.52 Å². The first-order valence-corrected chi connectivity index (χ1v) is 8.74. The summed E-state index contributed by atoms with van der Waals surface area (Å²) in [5, 5.41) is 12.9. The van der Waals surface area contributed by atoms with E-state index in [4.69, 9.17) is 4.42 Å². The van der Waals surface area contributed by atoms with Crippen molar-refractivity contribution < 1.29 is 4.42 Å². The Bertz CT molecular complexity index is 824. The van der Waals surface area contributed by atoms with Crippen molar-refractivity contribution in [2.45, 2.75) is 51.6 Å². The van der Waals surface area contributed by atoms with Gasteiger partial charge in [-0.2, -0.15) is 5.10 Å². The summed E-state index contributed by atoms with van der Waals surface area (Å²) in [5.41, 5.74) is 2.45. The Labute approximate surface area is 141 Å². The lowest BCUT2D eigenvalue weighted by molar-refractivity contribution is 0.119. The number of piperidine rings is 1. The van der Waals surface area contributed by atoms with Gasteiger partial charge in [-0.05, 0) is 38.4 Å². The van der Waals surface area contributed by atoms with Gasteiger partial charge in [0.15, 0.2) is 0 Å². The Morgan fingerprint density at radius 2 is 2.21 bits per heavy atom. The number of aromatic nitrogens is 4. The van der Waals surface area contributed by atoms with E-state index >= 15 is 0 Å². The van der Waals surface area contributed by atoms with Crippen LogP contribution in [0.25, 0.3) is 5.52 Å². The molecule has 0 N–H and O–H groups in total. The zero-order chi connectivity index (χ0) is 16.5. The highest BCUT2D eigenvalue weighted by Crippen LogP contribution is 2.33. The highest BCUT2D eigenvalue weighted by molar-refractivity contribution is 5.53. The Hall–Kier alpha value is -2.21. The standard InChI is InChI=1S/C18H23N5O/c1-3-17-20-21-18(24-17)15-7-6-9-22(13(15)2)12-14-11-19-23-10-5-4-8-16(14)23/h4-5,8,10-11,13,15H,3,6-7,9,12H2,1-2H3/t13-,15-/m0/s1. The van der Waals surface area contributed by atoms with E-state index in [1.165, 1.54) is 11.1 Å². The molecule has 24 heavy (non-hydrogen) atoms. The number of nitrogens with zero attached hydrogens (tertiary/aromatic N) is 5. The maximum atomic E-state index is 5.83. The third-order valence-electron chi connectivity index (χ3n) is 5.10. The molecule has 1 aliphatic heterocycles. The van der Waals surface area contributed by atoms with Crippen molar-refractivity contribution >= 4 is 5.52 Å². The predicted octanol–water partition coefficient (Wildman–Crippen LogP) is 3.05. The second-order valence-corrected chi connectivity index (χ2v) is 6.55. The van der Waals surface area contributed by atoms with Crippen molar-refractivity contribution in [3.05, 3.63) is 47.9 Å². The molecule has 0 amide bonds. The minimum atomic E-state index is 0.313. The molecule has 3 aromatic heterocycles. The van der Waals surface area contributed by atoms with E-state index in [9.17, 15) is 0 Å². The molecule has 3 aromatic rings. The smallest absolute Gasteiger partial charge is 0.221 e. The van der Waals surface area contributed by atoms with Crippen LogP contribution in [0.2, 0.25) is 0 Å². The number of pyridine rings is 1. The number of hydrogen-bond donors (Lipinski definition) is 0. The van der Waals surface area contributed by atoms with Crippen LogP contribution >= 0.6 is 0 Å². The van der Waals surface area contributed by atoms with Crippen molar-refractivity contribution in [1.29, 1.82) is 0 Å². The van der Waals surface area contributed by atoms with Crippen LogP contribution < -0.4 is 0 Å². The second kappa shape index (κ2) is 6.36. The third kappa shape index (κ3) is 2.71. The summed E-state index contributed by atoms with van der Waals surface area (Å²) >= 11 is 0. The molecule has 6 nitrogen and oxygen atoms in total. The molecule has 1 saturated heterocycles. The first-order chi connectivity index (χ1) is 11.8. The average molecular weight is 325 g/mol. The summed E-state index contributed by atoms with van der Waals surface area (Å²) in [6.45, 7) is 6.31. The lowest BCUT2D eigenvalue weighted by Gasteiger charge is -2.37. The topological polar surface area (TPSA) is 59.5 Å². The third-order valence-corrected chi connectivity index (χ3v) is 5.10. The van der Waals surface area contributed by atoms with E-state index < -0.39 is 0 Å². The van der Waals surface area contributed by atoms with Crippen LogP contribution in [0, 0.1) is 0 Å². The van der Waals surface area contributed by atoms with Gasteiger partial charge in [0.2, 0.25) is 11.8 Å². The van der Waals surface area contributed by atoms with Gasteiger partial charge in [0.1, 0.15) is 0 Å². The van der Waals surface area contributed by atoms with Crippen molar-refractivity contribution in [3.63, 3.8) is 0 Å². The maximum Gasteiger partial charge on any atom is 0.221 e. The quantitative estimate of drug-likeness (QED) is 0.738. The molecule has 2 atom stereocenters.